The van der Waals surface area contributed by atoms with Crippen LogP contribution in [0.3, 0.4) is 0 Å². The number of nitrogens with zero attached hydrogens (tertiary/aromatic N) is 3. The van der Waals surface area contributed by atoms with Crippen LogP contribution < -0.4 is 0 Å². The molecule has 0 bridgehead atoms. The summed E-state index contributed by atoms with van der Waals surface area (Å²) in [4.78, 5) is 17.9. The Morgan fingerprint density at radius 1 is 1.25 bits per heavy atom. The maximum absolute atomic E-state index is 12.6. The van der Waals surface area contributed by atoms with Crippen molar-refractivity contribution >= 4 is 26.9 Å². The number of phenols is 1. The summed E-state index contributed by atoms with van der Waals surface area (Å²) in [5, 5.41) is 11.9. The van der Waals surface area contributed by atoms with Gasteiger partial charge in [-0.3, -0.25) is 14.7 Å². The molecule has 170 valence electrons. The summed E-state index contributed by atoms with van der Waals surface area (Å²) < 4.78 is 31.4. The number of likely N-dealkylation sites (tertiary alicyclic amines) is 1. The first-order chi connectivity index (χ1) is 15.3. The molecule has 0 radical (unpaired) electrons. The molecule has 32 heavy (non-hydrogen) atoms. The number of esters is 1. The molecule has 0 aliphatic carbocycles. The first-order valence-electron chi connectivity index (χ1n) is 10.7. The first kappa shape index (κ1) is 22.3. The van der Waals surface area contributed by atoms with Crippen molar-refractivity contribution in [2.45, 2.75) is 25.7 Å². The largest absolute Gasteiger partial charge is 0.507 e. The van der Waals surface area contributed by atoms with Crippen molar-refractivity contribution in [3.8, 4) is 17.0 Å². The molecule has 0 amide bonds. The standard InChI is InChI=1S/C23H27N3O5S/c1-3-31-22(27)15-25-11-8-16(9-12-25)18-5-4-6-19(23(18)28)20-13-17-7-10-24-14-21(17)26(20)32(2,29)30/h4-7,10,13-14,16,28H,3,8-9,11-12,15H2,1-2H3. The van der Waals surface area contributed by atoms with Gasteiger partial charge < -0.3 is 9.84 Å². The molecule has 0 spiro atoms. The second kappa shape index (κ2) is 8.91. The maximum atomic E-state index is 12.6. The molecule has 8 nitrogen and oxygen atoms in total. The third-order valence-corrected chi connectivity index (χ3v) is 6.98. The van der Waals surface area contributed by atoms with E-state index in [-0.39, 0.29) is 24.2 Å². The van der Waals surface area contributed by atoms with Gasteiger partial charge in [0.25, 0.3) is 0 Å². The van der Waals surface area contributed by atoms with Crippen LogP contribution in [0.25, 0.3) is 22.2 Å². The third-order valence-electron chi connectivity index (χ3n) is 5.92. The van der Waals surface area contributed by atoms with Crippen molar-refractivity contribution in [2.24, 2.45) is 0 Å². The van der Waals surface area contributed by atoms with Gasteiger partial charge in [0, 0.05) is 17.1 Å². The van der Waals surface area contributed by atoms with Gasteiger partial charge in [-0.05, 0) is 62.5 Å². The zero-order valence-electron chi connectivity index (χ0n) is 18.2. The highest BCUT2D eigenvalue weighted by Crippen LogP contribution is 2.41. The van der Waals surface area contributed by atoms with Crippen LogP contribution in [0.5, 0.6) is 5.75 Å². The molecule has 1 saturated heterocycles. The van der Waals surface area contributed by atoms with E-state index < -0.39 is 10.0 Å². The molecule has 1 aliphatic rings. The number of benzene rings is 1. The van der Waals surface area contributed by atoms with Crippen molar-refractivity contribution in [3.05, 3.63) is 48.3 Å². The number of ether oxygens (including phenoxy) is 1. The number of rotatable bonds is 6. The highest BCUT2D eigenvalue weighted by Gasteiger charge is 2.27. The quantitative estimate of drug-likeness (QED) is 0.568. The molecule has 3 heterocycles. The number of aromatic hydroxyl groups is 1. The van der Waals surface area contributed by atoms with Gasteiger partial charge in [0.15, 0.2) is 0 Å². The second-order valence-electron chi connectivity index (χ2n) is 8.09. The predicted octanol–water partition coefficient (Wildman–Crippen LogP) is 2.96. The molecule has 0 atom stereocenters. The van der Waals surface area contributed by atoms with Crippen molar-refractivity contribution in [1.29, 1.82) is 0 Å². The Morgan fingerprint density at radius 2 is 2.00 bits per heavy atom. The molecular weight excluding hydrogens is 430 g/mol. The van der Waals surface area contributed by atoms with Gasteiger partial charge in [-0.15, -0.1) is 0 Å². The molecule has 1 N–H and O–H groups in total. The first-order valence-corrected chi connectivity index (χ1v) is 12.5. The van der Waals surface area contributed by atoms with Gasteiger partial charge in [0.1, 0.15) is 5.75 Å². The van der Waals surface area contributed by atoms with Crippen LogP contribution >= 0.6 is 0 Å². The van der Waals surface area contributed by atoms with E-state index in [1.165, 1.54) is 10.2 Å². The molecule has 1 aliphatic heterocycles. The average Bonchev–Trinajstić information content (AvgIpc) is 3.14. The lowest BCUT2D eigenvalue weighted by Crippen LogP contribution is -2.37. The van der Waals surface area contributed by atoms with Gasteiger partial charge in [0.05, 0.1) is 36.8 Å². The summed E-state index contributed by atoms with van der Waals surface area (Å²) in [5.74, 6) is -0.0120. The molecule has 0 unspecified atom stereocenters. The minimum absolute atomic E-state index is 0.0945. The van der Waals surface area contributed by atoms with Crippen LogP contribution in [0.15, 0.2) is 42.7 Å². The van der Waals surface area contributed by atoms with Gasteiger partial charge in [0.2, 0.25) is 10.0 Å². The van der Waals surface area contributed by atoms with Crippen LogP contribution in [0.4, 0.5) is 0 Å². The minimum atomic E-state index is -3.63. The fraction of sp³-hybridized carbons (Fsp3) is 0.391. The van der Waals surface area contributed by atoms with E-state index in [2.05, 4.69) is 9.88 Å². The van der Waals surface area contributed by atoms with Gasteiger partial charge in [-0.2, -0.15) is 0 Å². The number of aromatic nitrogens is 2. The number of carbonyl (C=O) groups excluding carboxylic acids is 1. The number of pyridine rings is 1. The minimum Gasteiger partial charge on any atom is -0.507 e. The van der Waals surface area contributed by atoms with E-state index in [1.54, 1.807) is 31.3 Å². The Labute approximate surface area is 187 Å². The number of carbonyl (C=O) groups is 1. The fourth-order valence-electron chi connectivity index (χ4n) is 4.46. The maximum Gasteiger partial charge on any atom is 0.320 e. The molecule has 1 aromatic carbocycles. The molecule has 3 aromatic rings. The second-order valence-corrected chi connectivity index (χ2v) is 9.92. The van der Waals surface area contributed by atoms with Crippen molar-refractivity contribution in [1.82, 2.24) is 13.9 Å². The van der Waals surface area contributed by atoms with E-state index in [1.807, 2.05) is 12.1 Å². The molecular formula is C23H27N3O5S. The molecule has 1 fully saturated rings. The zero-order chi connectivity index (χ0) is 22.9. The molecule has 0 saturated carbocycles. The Bertz CT molecular complexity index is 1240. The average molecular weight is 458 g/mol. The lowest BCUT2D eigenvalue weighted by molar-refractivity contribution is -0.144. The van der Waals surface area contributed by atoms with Crippen LogP contribution in [0, 0.1) is 0 Å². The Kier molecular flexibility index (Phi) is 6.21. The van der Waals surface area contributed by atoms with E-state index in [0.29, 0.717) is 23.4 Å². The number of fused-ring (bicyclic) bond motifs is 1. The van der Waals surface area contributed by atoms with Gasteiger partial charge in [-0.1, -0.05) is 12.1 Å². The number of hydrogen-bond donors (Lipinski definition) is 1. The van der Waals surface area contributed by atoms with Crippen LogP contribution in [-0.4, -0.2) is 65.8 Å². The third kappa shape index (κ3) is 4.35. The van der Waals surface area contributed by atoms with Crippen molar-refractivity contribution < 1.29 is 23.1 Å². The predicted molar refractivity (Wildman–Crippen MR) is 122 cm³/mol. The highest BCUT2D eigenvalue weighted by molar-refractivity contribution is 7.89. The summed E-state index contributed by atoms with van der Waals surface area (Å²) in [6.07, 6.45) is 5.84. The van der Waals surface area contributed by atoms with E-state index in [0.717, 1.165) is 43.1 Å². The Morgan fingerprint density at radius 3 is 2.69 bits per heavy atom. The van der Waals surface area contributed by atoms with Crippen LogP contribution in [-0.2, 0) is 19.6 Å². The highest BCUT2D eigenvalue weighted by atomic mass is 32.2. The number of hydrogen-bond acceptors (Lipinski definition) is 7. The summed E-state index contributed by atoms with van der Waals surface area (Å²) in [6.45, 7) is 3.88. The normalized spacial score (nSPS) is 15.8. The lowest BCUT2D eigenvalue weighted by Gasteiger charge is -2.32. The summed E-state index contributed by atoms with van der Waals surface area (Å²) in [6, 6.07) is 8.98. The van der Waals surface area contributed by atoms with Crippen LogP contribution in [0.1, 0.15) is 31.2 Å². The summed E-state index contributed by atoms with van der Waals surface area (Å²) in [5.41, 5.74) is 2.15. The number of phenolic OH excluding ortho intramolecular Hbond substituents is 1. The number of piperidine rings is 1. The fourth-order valence-corrected chi connectivity index (χ4v) is 5.48. The lowest BCUT2D eigenvalue weighted by atomic mass is 9.87. The molecule has 2 aromatic heterocycles. The van der Waals surface area contributed by atoms with Crippen LogP contribution in [0.2, 0.25) is 0 Å². The summed E-state index contributed by atoms with van der Waals surface area (Å²) in [7, 11) is -3.63. The van der Waals surface area contributed by atoms with E-state index in [4.69, 9.17) is 4.74 Å². The van der Waals surface area contributed by atoms with Crippen molar-refractivity contribution in [3.63, 3.8) is 0 Å². The monoisotopic (exact) mass is 457 g/mol. The molecule has 4 rings (SSSR count). The SMILES string of the molecule is CCOC(=O)CN1CCC(c2cccc(-c3cc4ccncc4n3S(C)(=O)=O)c2O)CC1. The molecule has 9 heteroatoms. The van der Waals surface area contributed by atoms with Gasteiger partial charge in [-0.25, -0.2) is 12.4 Å². The van der Waals surface area contributed by atoms with E-state index in [9.17, 15) is 18.3 Å². The zero-order valence-corrected chi connectivity index (χ0v) is 19.0. The van der Waals surface area contributed by atoms with E-state index >= 15 is 0 Å². The smallest absolute Gasteiger partial charge is 0.320 e. The Balaban J connectivity index is 1.65. The summed E-state index contributed by atoms with van der Waals surface area (Å²) >= 11 is 0. The Hall–Kier alpha value is -2.91. The topological polar surface area (TPSA) is 102 Å². The van der Waals surface area contributed by atoms with Gasteiger partial charge >= 0.3 is 5.97 Å². The number of para-hydroxylation sites is 1. The van der Waals surface area contributed by atoms with Crippen molar-refractivity contribution in [2.75, 3.05) is 32.5 Å².